The van der Waals surface area contributed by atoms with Crippen LogP contribution in [0.4, 0.5) is 0 Å². The van der Waals surface area contributed by atoms with E-state index in [1.807, 2.05) is 31.2 Å². The van der Waals surface area contributed by atoms with Crippen LogP contribution in [0.15, 0.2) is 36.7 Å². The molecule has 0 fully saturated rings. The highest BCUT2D eigenvalue weighted by molar-refractivity contribution is 5.34. The number of hydrogen-bond acceptors (Lipinski definition) is 4. The van der Waals surface area contributed by atoms with Gasteiger partial charge in [-0.1, -0.05) is 13.0 Å². The summed E-state index contributed by atoms with van der Waals surface area (Å²) in [6.07, 6.45) is 5.16. The van der Waals surface area contributed by atoms with E-state index in [0.717, 1.165) is 29.8 Å². The molecule has 2 N–H and O–H groups in total. The third-order valence-electron chi connectivity index (χ3n) is 3.02. The average molecular weight is 257 g/mol. The van der Waals surface area contributed by atoms with E-state index in [-0.39, 0.29) is 6.04 Å². The van der Waals surface area contributed by atoms with E-state index in [2.05, 4.69) is 16.9 Å². The van der Waals surface area contributed by atoms with E-state index in [4.69, 9.17) is 10.5 Å². The minimum absolute atomic E-state index is 0.126. The summed E-state index contributed by atoms with van der Waals surface area (Å²) >= 11 is 0. The molecule has 0 aliphatic rings. The van der Waals surface area contributed by atoms with Crippen LogP contribution >= 0.6 is 0 Å². The summed E-state index contributed by atoms with van der Waals surface area (Å²) in [6, 6.07) is 7.77. The van der Waals surface area contributed by atoms with Gasteiger partial charge in [-0.2, -0.15) is 0 Å². The summed E-state index contributed by atoms with van der Waals surface area (Å²) in [5.74, 6) is 1.34. The van der Waals surface area contributed by atoms with Crippen molar-refractivity contribution < 1.29 is 4.74 Å². The van der Waals surface area contributed by atoms with Crippen LogP contribution in [0.2, 0.25) is 0 Å². The first-order valence-electron chi connectivity index (χ1n) is 6.49. The molecule has 0 spiro atoms. The van der Waals surface area contributed by atoms with Crippen molar-refractivity contribution in [2.75, 3.05) is 0 Å². The SMILES string of the molecule is CCC(N)Cc1cccnc1Oc1cccnc1C. The van der Waals surface area contributed by atoms with Gasteiger partial charge in [-0.05, 0) is 38.0 Å². The van der Waals surface area contributed by atoms with Gasteiger partial charge in [0, 0.05) is 24.0 Å². The van der Waals surface area contributed by atoms with Crippen LogP contribution in [0, 0.1) is 6.92 Å². The summed E-state index contributed by atoms with van der Waals surface area (Å²) in [5, 5.41) is 0. The molecule has 100 valence electrons. The average Bonchev–Trinajstić information content (AvgIpc) is 2.43. The fourth-order valence-corrected chi connectivity index (χ4v) is 1.78. The van der Waals surface area contributed by atoms with Crippen LogP contribution in [0.5, 0.6) is 11.6 Å². The van der Waals surface area contributed by atoms with Crippen LogP contribution in [0.3, 0.4) is 0 Å². The lowest BCUT2D eigenvalue weighted by Crippen LogP contribution is -2.21. The number of ether oxygens (including phenoxy) is 1. The molecule has 2 rings (SSSR count). The molecule has 0 aliphatic heterocycles. The summed E-state index contributed by atoms with van der Waals surface area (Å²) in [7, 11) is 0. The first-order valence-corrected chi connectivity index (χ1v) is 6.49. The van der Waals surface area contributed by atoms with E-state index in [0.29, 0.717) is 5.88 Å². The highest BCUT2D eigenvalue weighted by Gasteiger charge is 2.10. The lowest BCUT2D eigenvalue weighted by atomic mass is 10.1. The van der Waals surface area contributed by atoms with Gasteiger partial charge in [0.1, 0.15) is 0 Å². The molecule has 2 aromatic heterocycles. The molecule has 0 radical (unpaired) electrons. The standard InChI is InChI=1S/C15H19N3O/c1-3-13(16)10-12-6-4-9-18-15(12)19-14-7-5-8-17-11(14)2/h4-9,13H,3,10,16H2,1-2H3. The molecule has 1 atom stereocenters. The summed E-state index contributed by atoms with van der Waals surface area (Å²) < 4.78 is 5.86. The molecule has 2 aromatic rings. The predicted octanol–water partition coefficient (Wildman–Crippen LogP) is 2.86. The fourth-order valence-electron chi connectivity index (χ4n) is 1.78. The van der Waals surface area contributed by atoms with Gasteiger partial charge in [-0.25, -0.2) is 4.98 Å². The normalized spacial score (nSPS) is 12.2. The minimum atomic E-state index is 0.126. The van der Waals surface area contributed by atoms with Gasteiger partial charge in [-0.3, -0.25) is 4.98 Å². The lowest BCUT2D eigenvalue weighted by molar-refractivity contribution is 0.446. The predicted molar refractivity (Wildman–Crippen MR) is 75.3 cm³/mol. The van der Waals surface area contributed by atoms with Gasteiger partial charge >= 0.3 is 0 Å². The van der Waals surface area contributed by atoms with Crippen molar-refractivity contribution in [3.05, 3.63) is 47.9 Å². The quantitative estimate of drug-likeness (QED) is 0.894. The van der Waals surface area contributed by atoms with Crippen LogP contribution in [-0.2, 0) is 6.42 Å². The molecule has 0 amide bonds. The second kappa shape index (κ2) is 6.29. The lowest BCUT2D eigenvalue weighted by Gasteiger charge is -2.13. The number of nitrogens with two attached hydrogens (primary N) is 1. The Kier molecular flexibility index (Phi) is 4.47. The summed E-state index contributed by atoms with van der Waals surface area (Å²) in [5.41, 5.74) is 7.88. The van der Waals surface area contributed by atoms with Crippen molar-refractivity contribution >= 4 is 0 Å². The van der Waals surface area contributed by atoms with E-state index in [9.17, 15) is 0 Å². The van der Waals surface area contributed by atoms with E-state index < -0.39 is 0 Å². The zero-order valence-corrected chi connectivity index (χ0v) is 11.3. The highest BCUT2D eigenvalue weighted by Crippen LogP contribution is 2.25. The van der Waals surface area contributed by atoms with Crippen molar-refractivity contribution in [1.29, 1.82) is 0 Å². The van der Waals surface area contributed by atoms with Gasteiger partial charge in [0.15, 0.2) is 5.75 Å². The fraction of sp³-hybridized carbons (Fsp3) is 0.333. The third kappa shape index (κ3) is 3.51. The molecule has 0 bridgehead atoms. The molecule has 0 saturated heterocycles. The Labute approximate surface area is 113 Å². The monoisotopic (exact) mass is 257 g/mol. The van der Waals surface area contributed by atoms with Crippen molar-refractivity contribution in [2.24, 2.45) is 5.73 Å². The molecule has 4 nitrogen and oxygen atoms in total. The zero-order chi connectivity index (χ0) is 13.7. The number of hydrogen-bond donors (Lipinski definition) is 1. The molecule has 0 aromatic carbocycles. The number of pyridine rings is 2. The first-order chi connectivity index (χ1) is 9.20. The van der Waals surface area contributed by atoms with Crippen LogP contribution in [0.25, 0.3) is 0 Å². The minimum Gasteiger partial charge on any atom is -0.437 e. The number of aryl methyl sites for hydroxylation is 1. The van der Waals surface area contributed by atoms with Crippen LogP contribution < -0.4 is 10.5 Å². The zero-order valence-electron chi connectivity index (χ0n) is 11.3. The Morgan fingerprint density at radius 3 is 2.68 bits per heavy atom. The van der Waals surface area contributed by atoms with Crippen molar-refractivity contribution in [1.82, 2.24) is 9.97 Å². The third-order valence-corrected chi connectivity index (χ3v) is 3.02. The molecule has 19 heavy (non-hydrogen) atoms. The Bertz CT molecular complexity index is 542. The number of rotatable bonds is 5. The van der Waals surface area contributed by atoms with Gasteiger partial charge < -0.3 is 10.5 Å². The van der Waals surface area contributed by atoms with Gasteiger partial charge in [0.05, 0.1) is 5.69 Å². The second-order valence-electron chi connectivity index (χ2n) is 4.53. The molecule has 4 heteroatoms. The first kappa shape index (κ1) is 13.5. The summed E-state index contributed by atoms with van der Waals surface area (Å²) in [4.78, 5) is 8.50. The molecular weight excluding hydrogens is 238 g/mol. The maximum absolute atomic E-state index is 6.00. The topological polar surface area (TPSA) is 61.0 Å². The van der Waals surface area contributed by atoms with Crippen molar-refractivity contribution in [2.45, 2.75) is 32.7 Å². The Morgan fingerprint density at radius 2 is 1.95 bits per heavy atom. The number of nitrogens with zero attached hydrogens (tertiary/aromatic N) is 2. The van der Waals surface area contributed by atoms with Gasteiger partial charge in [0.2, 0.25) is 5.88 Å². The van der Waals surface area contributed by atoms with Crippen LogP contribution in [-0.4, -0.2) is 16.0 Å². The van der Waals surface area contributed by atoms with E-state index >= 15 is 0 Å². The maximum atomic E-state index is 6.00. The Balaban J connectivity index is 2.23. The van der Waals surface area contributed by atoms with Gasteiger partial charge in [0.25, 0.3) is 0 Å². The summed E-state index contributed by atoms with van der Waals surface area (Å²) in [6.45, 7) is 3.99. The molecule has 1 unspecified atom stereocenters. The molecule has 0 saturated carbocycles. The molecule has 0 aliphatic carbocycles. The van der Waals surface area contributed by atoms with Crippen molar-refractivity contribution in [3.8, 4) is 11.6 Å². The van der Waals surface area contributed by atoms with Gasteiger partial charge in [-0.15, -0.1) is 0 Å². The Morgan fingerprint density at radius 1 is 1.21 bits per heavy atom. The second-order valence-corrected chi connectivity index (χ2v) is 4.53. The largest absolute Gasteiger partial charge is 0.437 e. The van der Waals surface area contributed by atoms with Crippen LogP contribution in [0.1, 0.15) is 24.6 Å². The maximum Gasteiger partial charge on any atom is 0.222 e. The van der Waals surface area contributed by atoms with E-state index in [1.54, 1.807) is 12.4 Å². The molecular formula is C15H19N3O. The molecule has 2 heterocycles. The highest BCUT2D eigenvalue weighted by atomic mass is 16.5. The van der Waals surface area contributed by atoms with E-state index in [1.165, 1.54) is 0 Å². The Hall–Kier alpha value is -1.94. The smallest absolute Gasteiger partial charge is 0.222 e. The van der Waals surface area contributed by atoms with Crippen molar-refractivity contribution in [3.63, 3.8) is 0 Å². The number of aromatic nitrogens is 2.